The Balaban J connectivity index is 1.98. The summed E-state index contributed by atoms with van der Waals surface area (Å²) < 4.78 is 27.2. The highest BCUT2D eigenvalue weighted by atomic mass is 127. The van der Waals surface area contributed by atoms with E-state index < -0.39 is 10.0 Å². The quantitative estimate of drug-likeness (QED) is 0.547. The van der Waals surface area contributed by atoms with E-state index in [2.05, 4.69) is 22.6 Å². The highest BCUT2D eigenvalue weighted by Gasteiger charge is 2.49. The third-order valence-corrected chi connectivity index (χ3v) is 7.88. The first-order chi connectivity index (χ1) is 9.91. The van der Waals surface area contributed by atoms with Gasteiger partial charge in [0, 0.05) is 16.3 Å². The molecule has 0 radical (unpaired) electrons. The minimum absolute atomic E-state index is 0.153. The van der Waals surface area contributed by atoms with E-state index in [0.717, 1.165) is 24.8 Å². The molecule has 1 aliphatic heterocycles. The summed E-state index contributed by atoms with van der Waals surface area (Å²) in [4.78, 5) is 12.5. The van der Waals surface area contributed by atoms with Crippen LogP contribution in [-0.4, -0.2) is 28.6 Å². The van der Waals surface area contributed by atoms with Crippen molar-refractivity contribution in [2.75, 3.05) is 0 Å². The first kappa shape index (κ1) is 15.3. The van der Waals surface area contributed by atoms with Crippen LogP contribution in [0.15, 0.2) is 29.2 Å². The van der Waals surface area contributed by atoms with Crippen molar-refractivity contribution in [2.45, 2.75) is 47.5 Å². The van der Waals surface area contributed by atoms with Gasteiger partial charge in [-0.2, -0.15) is 0 Å². The second-order valence-corrected chi connectivity index (χ2v) is 9.30. The number of carbonyl (C=O) groups is 1. The van der Waals surface area contributed by atoms with Crippen LogP contribution in [0.5, 0.6) is 0 Å². The summed E-state index contributed by atoms with van der Waals surface area (Å²) in [5, 5.41) is 0. The van der Waals surface area contributed by atoms with Crippen LogP contribution in [0.2, 0.25) is 0 Å². The number of hydrogen-bond donors (Lipinski definition) is 0. The molecule has 3 rings (SSSR count). The molecular formula is C15H18INO3S. The highest BCUT2D eigenvalue weighted by molar-refractivity contribution is 14.1. The highest BCUT2D eigenvalue weighted by Crippen LogP contribution is 2.42. The fourth-order valence-corrected chi connectivity index (χ4v) is 6.20. The summed E-state index contributed by atoms with van der Waals surface area (Å²) >= 11 is 2.37. The Morgan fingerprint density at radius 3 is 2.52 bits per heavy atom. The number of alkyl halides is 1. The van der Waals surface area contributed by atoms with E-state index in [-0.39, 0.29) is 22.8 Å². The number of nitrogens with zero attached hydrogens (tertiary/aromatic N) is 1. The maximum Gasteiger partial charge on any atom is 0.266 e. The zero-order chi connectivity index (χ0) is 15.2. The van der Waals surface area contributed by atoms with E-state index in [9.17, 15) is 13.2 Å². The fourth-order valence-electron chi connectivity index (χ4n) is 3.36. The predicted molar refractivity (Wildman–Crippen MR) is 88.8 cm³/mol. The molecule has 1 amide bonds. The molecule has 1 aromatic carbocycles. The topological polar surface area (TPSA) is 54.5 Å². The van der Waals surface area contributed by atoms with E-state index in [4.69, 9.17) is 0 Å². The number of rotatable bonds is 2. The lowest BCUT2D eigenvalue weighted by Crippen LogP contribution is -2.43. The average Bonchev–Trinajstić information content (AvgIpc) is 2.77. The summed E-state index contributed by atoms with van der Waals surface area (Å²) in [5.74, 6) is -0.0683. The van der Waals surface area contributed by atoms with Crippen LogP contribution < -0.4 is 0 Å². The molecule has 0 N–H and O–H groups in total. The molecule has 0 bridgehead atoms. The summed E-state index contributed by atoms with van der Waals surface area (Å²) in [6, 6.07) is 6.57. The summed E-state index contributed by atoms with van der Waals surface area (Å²) in [7, 11) is -3.72. The lowest BCUT2D eigenvalue weighted by atomic mass is 9.85. The van der Waals surface area contributed by atoms with Crippen molar-refractivity contribution in [2.24, 2.45) is 5.92 Å². The Bertz CT molecular complexity index is 656. The molecule has 1 saturated heterocycles. The molecule has 4 nitrogen and oxygen atoms in total. The molecule has 21 heavy (non-hydrogen) atoms. The number of sulfonamides is 1. The molecule has 3 atom stereocenters. The Morgan fingerprint density at radius 1 is 1.19 bits per heavy atom. The number of benzene rings is 1. The van der Waals surface area contributed by atoms with Crippen molar-refractivity contribution in [3.63, 3.8) is 0 Å². The van der Waals surface area contributed by atoms with Crippen LogP contribution in [0.1, 0.15) is 31.2 Å². The monoisotopic (exact) mass is 419 g/mol. The van der Waals surface area contributed by atoms with Gasteiger partial charge in [0.25, 0.3) is 10.0 Å². The van der Waals surface area contributed by atoms with Crippen LogP contribution in [0.3, 0.4) is 0 Å². The van der Waals surface area contributed by atoms with E-state index in [1.165, 1.54) is 4.31 Å². The van der Waals surface area contributed by atoms with Gasteiger partial charge in [-0.15, -0.1) is 0 Å². The maximum atomic E-state index is 12.8. The van der Waals surface area contributed by atoms with Crippen LogP contribution in [0, 0.1) is 12.8 Å². The molecule has 1 heterocycles. The first-order valence-corrected chi connectivity index (χ1v) is 9.88. The molecule has 0 spiro atoms. The standard InChI is InChI=1S/C15H18INO3S/c1-10-5-7-11(8-6-10)21(19,20)17-14-4-2-3-13(16)12(14)9-15(17)18/h5-8,12-14H,2-4,9H2,1H3/t12-,13-,14+/m0/s1. The number of amides is 1. The van der Waals surface area contributed by atoms with Gasteiger partial charge in [-0.25, -0.2) is 12.7 Å². The summed E-state index contributed by atoms with van der Waals surface area (Å²) in [6.07, 6.45) is 3.22. The molecule has 2 aliphatic rings. The molecule has 1 aliphatic carbocycles. The van der Waals surface area contributed by atoms with Gasteiger partial charge in [0.15, 0.2) is 0 Å². The van der Waals surface area contributed by atoms with Crippen LogP contribution in [-0.2, 0) is 14.8 Å². The van der Waals surface area contributed by atoms with Crippen molar-refractivity contribution >= 4 is 38.5 Å². The minimum atomic E-state index is -3.72. The van der Waals surface area contributed by atoms with E-state index in [0.29, 0.717) is 10.3 Å². The van der Waals surface area contributed by atoms with Crippen molar-refractivity contribution in [1.82, 2.24) is 4.31 Å². The Morgan fingerprint density at radius 2 is 1.86 bits per heavy atom. The maximum absolute atomic E-state index is 12.8. The molecule has 1 aromatic rings. The zero-order valence-electron chi connectivity index (χ0n) is 11.8. The van der Waals surface area contributed by atoms with Gasteiger partial charge in [-0.1, -0.05) is 46.7 Å². The molecule has 1 saturated carbocycles. The third-order valence-electron chi connectivity index (χ3n) is 4.47. The van der Waals surface area contributed by atoms with Crippen LogP contribution in [0.4, 0.5) is 0 Å². The second-order valence-electron chi connectivity index (χ2n) is 5.89. The lowest BCUT2D eigenvalue weighted by molar-refractivity contribution is -0.124. The Hall–Kier alpha value is -0.630. The van der Waals surface area contributed by atoms with Gasteiger partial charge in [-0.05, 0) is 31.9 Å². The zero-order valence-corrected chi connectivity index (χ0v) is 14.8. The fraction of sp³-hybridized carbons (Fsp3) is 0.533. The first-order valence-electron chi connectivity index (χ1n) is 7.19. The smallest absolute Gasteiger partial charge is 0.266 e. The third kappa shape index (κ3) is 2.60. The van der Waals surface area contributed by atoms with E-state index >= 15 is 0 Å². The number of halogens is 1. The molecular weight excluding hydrogens is 401 g/mol. The van der Waals surface area contributed by atoms with Crippen LogP contribution in [0.25, 0.3) is 0 Å². The molecule has 0 unspecified atom stereocenters. The van der Waals surface area contributed by atoms with Gasteiger partial charge < -0.3 is 0 Å². The second kappa shape index (κ2) is 5.53. The lowest BCUT2D eigenvalue weighted by Gasteiger charge is -2.33. The number of carbonyl (C=O) groups excluding carboxylic acids is 1. The molecule has 0 aromatic heterocycles. The summed E-state index contributed by atoms with van der Waals surface area (Å²) in [5.41, 5.74) is 1.00. The van der Waals surface area contributed by atoms with Gasteiger partial charge in [-0.3, -0.25) is 4.79 Å². The predicted octanol–water partition coefficient (Wildman–Crippen LogP) is 2.89. The van der Waals surface area contributed by atoms with Gasteiger partial charge in [0.05, 0.1) is 10.9 Å². The molecule has 2 fully saturated rings. The minimum Gasteiger partial charge on any atom is -0.274 e. The Kier molecular flexibility index (Phi) is 4.02. The molecule has 114 valence electrons. The number of aryl methyl sites for hydroxylation is 1. The van der Waals surface area contributed by atoms with Crippen molar-refractivity contribution in [3.8, 4) is 0 Å². The number of hydrogen-bond acceptors (Lipinski definition) is 3. The average molecular weight is 419 g/mol. The normalized spacial score (nSPS) is 29.5. The van der Waals surface area contributed by atoms with Crippen LogP contribution >= 0.6 is 22.6 Å². The number of fused-ring (bicyclic) bond motifs is 1. The van der Waals surface area contributed by atoms with Crippen molar-refractivity contribution < 1.29 is 13.2 Å². The Labute approximate surface area is 139 Å². The van der Waals surface area contributed by atoms with Gasteiger partial charge in [0.2, 0.25) is 5.91 Å². The van der Waals surface area contributed by atoms with Crippen molar-refractivity contribution in [1.29, 1.82) is 0 Å². The SMILES string of the molecule is Cc1ccc(S(=O)(=O)N2C(=O)C[C@@H]3[C@H]2CCC[C@@H]3I)cc1. The molecule has 6 heteroatoms. The summed E-state index contributed by atoms with van der Waals surface area (Å²) in [6.45, 7) is 1.91. The largest absolute Gasteiger partial charge is 0.274 e. The van der Waals surface area contributed by atoms with Gasteiger partial charge >= 0.3 is 0 Å². The van der Waals surface area contributed by atoms with Gasteiger partial charge in [0.1, 0.15) is 0 Å². The van der Waals surface area contributed by atoms with E-state index in [1.807, 2.05) is 6.92 Å². The van der Waals surface area contributed by atoms with Crippen molar-refractivity contribution in [3.05, 3.63) is 29.8 Å². The van der Waals surface area contributed by atoms with E-state index in [1.54, 1.807) is 24.3 Å².